The van der Waals surface area contributed by atoms with Crippen LogP contribution >= 0.6 is 0 Å². The quantitative estimate of drug-likeness (QED) is 0.498. The summed E-state index contributed by atoms with van der Waals surface area (Å²) in [6.07, 6.45) is 0.857. The first-order valence-electron chi connectivity index (χ1n) is 3.71. The molecule has 0 saturated heterocycles. The van der Waals surface area contributed by atoms with Gasteiger partial charge in [0, 0.05) is 0 Å². The van der Waals surface area contributed by atoms with E-state index < -0.39 is 16.2 Å². The van der Waals surface area contributed by atoms with Gasteiger partial charge in [-0.15, -0.1) is 0 Å². The van der Waals surface area contributed by atoms with Gasteiger partial charge in [0.15, 0.2) is 0 Å². The molecule has 0 bridgehead atoms. The third kappa shape index (κ3) is 8.32. The Labute approximate surface area is 96.3 Å². The van der Waals surface area contributed by atoms with Crippen molar-refractivity contribution in [3.05, 3.63) is 12.7 Å². The van der Waals surface area contributed by atoms with Gasteiger partial charge in [-0.2, -0.15) is 8.42 Å². The van der Waals surface area contributed by atoms with E-state index in [1.54, 1.807) is 18.6 Å². The Morgan fingerprint density at radius 2 is 2.07 bits per heavy atom. The van der Waals surface area contributed by atoms with Gasteiger partial charge >= 0.3 is 29.2 Å². The zero-order valence-corrected chi connectivity index (χ0v) is 8.43. The first-order chi connectivity index (χ1) is 5.87. The molecule has 0 aromatic rings. The molecular weight excluding hydrogens is 201 g/mol. The maximum absolute atomic E-state index is 10.9. The van der Waals surface area contributed by atoms with Crippen LogP contribution in [0.5, 0.6) is 0 Å². The molecule has 0 radical (unpaired) electrons. The molecule has 0 aromatic heterocycles. The van der Waals surface area contributed by atoms with Crippen LogP contribution in [-0.4, -0.2) is 39.8 Å². The molecule has 0 aliphatic heterocycles. The van der Waals surface area contributed by atoms with Gasteiger partial charge in [0.1, 0.15) is 0 Å². The molecule has 0 aromatic carbocycles. The summed E-state index contributed by atoms with van der Waals surface area (Å²) in [5.74, 6) is -0.723. The monoisotopic (exact) mass is 215 g/mol. The zero-order valence-electron chi connectivity index (χ0n) is 7.61. The molecule has 0 saturated carbocycles. The summed E-state index contributed by atoms with van der Waals surface area (Å²) in [7, 11) is -3.96. The first-order valence-corrected chi connectivity index (χ1v) is 5.12. The molecule has 0 aliphatic carbocycles. The molecule has 0 unspecified atom stereocenters. The SMILES string of the molecule is C=CC(=O)NS(=O)(=O)OCC(C)C.[LiH]. The van der Waals surface area contributed by atoms with Crippen molar-refractivity contribution in [3.63, 3.8) is 0 Å². The standard InChI is InChI=1S/C7H13NO4S.Li.H/c1-4-7(9)8-13(10,11)12-5-6(2)3;;/h4,6H,1,5H2,2-3H3,(H,8,9);;. The van der Waals surface area contributed by atoms with Crippen LogP contribution in [0.15, 0.2) is 12.7 Å². The predicted molar refractivity (Wildman–Crippen MR) is 55.2 cm³/mol. The number of rotatable bonds is 5. The minimum absolute atomic E-state index is 0. The van der Waals surface area contributed by atoms with Gasteiger partial charge in [-0.1, -0.05) is 20.4 Å². The zero-order chi connectivity index (χ0) is 10.5. The number of hydrogen-bond donors (Lipinski definition) is 1. The van der Waals surface area contributed by atoms with E-state index >= 15 is 0 Å². The molecule has 78 valence electrons. The van der Waals surface area contributed by atoms with Gasteiger partial charge in [0.2, 0.25) is 0 Å². The van der Waals surface area contributed by atoms with Crippen LogP contribution in [0.4, 0.5) is 0 Å². The van der Waals surface area contributed by atoms with Crippen LogP contribution in [0.25, 0.3) is 0 Å². The Balaban J connectivity index is 0. The molecule has 1 N–H and O–H groups in total. The summed E-state index contributed by atoms with van der Waals surface area (Å²) in [5, 5.41) is 0. The second-order valence-corrected chi connectivity index (χ2v) is 4.15. The minimum atomic E-state index is -3.96. The fourth-order valence-corrected chi connectivity index (χ4v) is 1.26. The van der Waals surface area contributed by atoms with Crippen LogP contribution < -0.4 is 4.72 Å². The molecule has 0 spiro atoms. The summed E-state index contributed by atoms with van der Waals surface area (Å²) < 4.78 is 27.9. The third-order valence-corrected chi connectivity index (χ3v) is 1.87. The van der Waals surface area contributed by atoms with E-state index in [4.69, 9.17) is 0 Å². The predicted octanol–water partition coefficient (Wildman–Crippen LogP) is -0.443. The third-order valence-electron chi connectivity index (χ3n) is 0.968. The van der Waals surface area contributed by atoms with Crippen molar-refractivity contribution >= 4 is 35.1 Å². The summed E-state index contributed by atoms with van der Waals surface area (Å²) in [5.41, 5.74) is 0. The molecular formula is C7H14LiNO4S. The Kier molecular flexibility index (Phi) is 8.16. The molecule has 0 aliphatic rings. The van der Waals surface area contributed by atoms with Gasteiger partial charge < -0.3 is 0 Å². The van der Waals surface area contributed by atoms with E-state index in [0.717, 1.165) is 6.08 Å². The van der Waals surface area contributed by atoms with E-state index in [1.165, 1.54) is 0 Å². The Bertz CT molecular complexity index is 286. The molecule has 0 fully saturated rings. The summed E-state index contributed by atoms with van der Waals surface area (Å²) in [4.78, 5) is 10.6. The summed E-state index contributed by atoms with van der Waals surface area (Å²) >= 11 is 0. The van der Waals surface area contributed by atoms with Gasteiger partial charge in [0.05, 0.1) is 6.61 Å². The van der Waals surface area contributed by atoms with Gasteiger partial charge in [0.25, 0.3) is 5.91 Å². The van der Waals surface area contributed by atoms with Crippen molar-refractivity contribution in [2.75, 3.05) is 6.61 Å². The Morgan fingerprint density at radius 1 is 1.57 bits per heavy atom. The molecule has 1 amide bonds. The summed E-state index contributed by atoms with van der Waals surface area (Å²) in [6, 6.07) is 0. The van der Waals surface area contributed by atoms with Gasteiger partial charge in [-0.25, -0.2) is 4.72 Å². The molecule has 7 heteroatoms. The number of amides is 1. The molecule has 0 heterocycles. The van der Waals surface area contributed by atoms with Crippen LogP contribution in [0.3, 0.4) is 0 Å². The number of hydrogen-bond acceptors (Lipinski definition) is 4. The van der Waals surface area contributed by atoms with E-state index in [1.807, 2.05) is 0 Å². The molecule has 14 heavy (non-hydrogen) atoms. The van der Waals surface area contributed by atoms with Crippen LogP contribution in [0.1, 0.15) is 13.8 Å². The number of carbonyl (C=O) groups is 1. The van der Waals surface area contributed by atoms with Crippen LogP contribution in [0, 0.1) is 5.92 Å². The van der Waals surface area contributed by atoms with Gasteiger partial charge in [-0.05, 0) is 12.0 Å². The normalized spacial score (nSPS) is 10.5. The molecule has 5 nitrogen and oxygen atoms in total. The van der Waals surface area contributed by atoms with Crippen molar-refractivity contribution in [2.45, 2.75) is 13.8 Å². The number of carbonyl (C=O) groups excluding carboxylic acids is 1. The fraction of sp³-hybridized carbons (Fsp3) is 0.571. The fourth-order valence-electron chi connectivity index (χ4n) is 0.420. The van der Waals surface area contributed by atoms with E-state index in [0.29, 0.717) is 0 Å². The Hall–Kier alpha value is -0.283. The van der Waals surface area contributed by atoms with E-state index in [9.17, 15) is 13.2 Å². The second-order valence-electron chi connectivity index (χ2n) is 2.80. The first kappa shape index (κ1) is 16.2. The second kappa shape index (κ2) is 7.07. The van der Waals surface area contributed by atoms with Gasteiger partial charge in [-0.3, -0.25) is 8.98 Å². The number of nitrogens with one attached hydrogen (secondary N) is 1. The van der Waals surface area contributed by atoms with Crippen LogP contribution in [0.2, 0.25) is 0 Å². The van der Waals surface area contributed by atoms with Crippen molar-refractivity contribution < 1.29 is 17.4 Å². The van der Waals surface area contributed by atoms with Crippen molar-refractivity contribution in [1.82, 2.24) is 4.72 Å². The average Bonchev–Trinajstić information content (AvgIpc) is 2.00. The van der Waals surface area contributed by atoms with Crippen LogP contribution in [-0.2, 0) is 19.3 Å². The van der Waals surface area contributed by atoms with E-state index in [-0.39, 0.29) is 31.4 Å². The summed E-state index contributed by atoms with van der Waals surface area (Å²) in [6.45, 7) is 6.74. The van der Waals surface area contributed by atoms with E-state index in [2.05, 4.69) is 10.8 Å². The van der Waals surface area contributed by atoms with Crippen molar-refractivity contribution in [3.8, 4) is 0 Å². The topological polar surface area (TPSA) is 72.5 Å². The van der Waals surface area contributed by atoms with Crippen molar-refractivity contribution in [2.24, 2.45) is 5.92 Å². The van der Waals surface area contributed by atoms with Crippen molar-refractivity contribution in [1.29, 1.82) is 0 Å². The Morgan fingerprint density at radius 3 is 2.43 bits per heavy atom. The molecule has 0 atom stereocenters. The maximum atomic E-state index is 10.9. The molecule has 0 rings (SSSR count). The average molecular weight is 215 g/mol.